The average molecular weight is 613 g/mol. The van der Waals surface area contributed by atoms with Gasteiger partial charge in [0.1, 0.15) is 10.6 Å². The number of hydrogen-bond acceptors (Lipinski definition) is 7. The van der Waals surface area contributed by atoms with Gasteiger partial charge < -0.3 is 14.8 Å². The first kappa shape index (κ1) is 29.5. The van der Waals surface area contributed by atoms with Crippen molar-refractivity contribution in [1.29, 1.82) is 0 Å². The van der Waals surface area contributed by atoms with E-state index in [9.17, 15) is 21.2 Å². The predicted octanol–water partition coefficient (Wildman–Crippen LogP) is 4.06. The van der Waals surface area contributed by atoms with Gasteiger partial charge in [-0.1, -0.05) is 11.6 Å². The van der Waals surface area contributed by atoms with Gasteiger partial charge in [0.2, 0.25) is 0 Å². The van der Waals surface area contributed by atoms with E-state index in [-0.39, 0.29) is 66.5 Å². The van der Waals surface area contributed by atoms with E-state index < -0.39 is 53.8 Å². The van der Waals surface area contributed by atoms with E-state index in [4.69, 9.17) is 21.1 Å². The smallest absolute Gasteiger partial charge is 0.189 e. The van der Waals surface area contributed by atoms with Crippen molar-refractivity contribution in [1.82, 2.24) is 5.32 Å². The summed E-state index contributed by atoms with van der Waals surface area (Å²) in [6.07, 6.45) is 0.692. The van der Waals surface area contributed by atoms with Crippen LogP contribution in [0.2, 0.25) is 5.02 Å². The van der Waals surface area contributed by atoms with Crippen LogP contribution in [0.25, 0.3) is 0 Å². The number of nitrogens with one attached hydrogen (secondary N) is 1. The van der Waals surface area contributed by atoms with Gasteiger partial charge in [0.25, 0.3) is 0 Å². The summed E-state index contributed by atoms with van der Waals surface area (Å²) in [7, 11) is -7.81. The molecule has 0 aromatic heterocycles. The second-order valence-electron chi connectivity index (χ2n) is 9.85. The van der Waals surface area contributed by atoms with Gasteiger partial charge >= 0.3 is 0 Å². The molecular weight excluding hydrogens is 583 g/mol. The molecule has 2 saturated heterocycles. The van der Waals surface area contributed by atoms with Gasteiger partial charge in [-0.2, -0.15) is 0 Å². The number of halogens is 4. The van der Waals surface area contributed by atoms with Crippen LogP contribution in [0, 0.1) is 17.6 Å². The maximum absolute atomic E-state index is 15.4. The van der Waals surface area contributed by atoms with Crippen LogP contribution in [0.3, 0.4) is 0 Å². The van der Waals surface area contributed by atoms with Gasteiger partial charge in [0.15, 0.2) is 31.2 Å². The summed E-state index contributed by atoms with van der Waals surface area (Å²) in [5.41, 5.74) is -0.370. The van der Waals surface area contributed by atoms with Crippen molar-refractivity contribution in [3.8, 4) is 5.75 Å². The molecule has 2 aromatic carbocycles. The lowest BCUT2D eigenvalue weighted by atomic mass is 9.75. The molecule has 3 aliphatic rings. The first-order chi connectivity index (χ1) is 17.5. The van der Waals surface area contributed by atoms with E-state index >= 15 is 4.39 Å². The van der Waals surface area contributed by atoms with Crippen LogP contribution in [0.1, 0.15) is 31.2 Å². The van der Waals surface area contributed by atoms with Crippen molar-refractivity contribution in [2.75, 3.05) is 31.3 Å². The van der Waals surface area contributed by atoms with Crippen molar-refractivity contribution < 1.29 is 35.1 Å². The minimum absolute atomic E-state index is 0. The van der Waals surface area contributed by atoms with Crippen LogP contribution in [0.15, 0.2) is 41.3 Å². The molecule has 0 bridgehead atoms. The Morgan fingerprint density at radius 1 is 1.05 bits per heavy atom. The Morgan fingerprint density at radius 3 is 2.45 bits per heavy atom. The molecule has 3 heterocycles. The maximum Gasteiger partial charge on any atom is 0.189 e. The fraction of sp³-hybridized carbons (Fsp3) is 0.520. The highest BCUT2D eigenvalue weighted by molar-refractivity contribution is 7.92. The molecule has 4 atom stereocenters. The Balaban J connectivity index is 0.00000336. The summed E-state index contributed by atoms with van der Waals surface area (Å²) in [6.45, 7) is 0.431. The maximum atomic E-state index is 15.4. The van der Waals surface area contributed by atoms with Gasteiger partial charge in [-0.3, -0.25) is 0 Å². The van der Waals surface area contributed by atoms with Gasteiger partial charge in [-0.15, -0.1) is 12.4 Å². The zero-order valence-corrected chi connectivity index (χ0v) is 23.6. The van der Waals surface area contributed by atoms with Gasteiger partial charge in [-0.25, -0.2) is 25.6 Å². The van der Waals surface area contributed by atoms with E-state index in [1.54, 1.807) is 0 Å². The highest BCUT2D eigenvalue weighted by Gasteiger charge is 2.61. The Bertz CT molecular complexity index is 1390. The summed E-state index contributed by atoms with van der Waals surface area (Å²) in [6, 6.07) is 7.19. The molecule has 2 fully saturated rings. The predicted molar refractivity (Wildman–Crippen MR) is 142 cm³/mol. The summed E-state index contributed by atoms with van der Waals surface area (Å²) >= 11 is 5.97. The number of ether oxygens (including phenoxy) is 2. The van der Waals surface area contributed by atoms with Crippen LogP contribution in [-0.2, 0) is 29.2 Å². The van der Waals surface area contributed by atoms with Crippen molar-refractivity contribution >= 4 is 43.7 Å². The summed E-state index contributed by atoms with van der Waals surface area (Å²) in [5.74, 6) is -3.41. The normalized spacial score (nSPS) is 27.1. The SMILES string of the molecule is Cl.O=S(=O)(CC[C@@H]1OCC[C@@]2(S(=O)(=O)c3ccc(Cl)cc3)c3c(F)ccc(F)c3OC[C@@H]12)C[C@H]1CCCN1. The van der Waals surface area contributed by atoms with Crippen molar-refractivity contribution in [2.45, 2.75) is 47.5 Å². The third-order valence-corrected chi connectivity index (χ3v) is 12.3. The molecule has 7 nitrogen and oxygen atoms in total. The topological polar surface area (TPSA) is 98.8 Å². The van der Waals surface area contributed by atoms with E-state index in [0.717, 1.165) is 31.5 Å². The summed E-state index contributed by atoms with van der Waals surface area (Å²) in [5, 5.41) is 3.49. The average Bonchev–Trinajstić information content (AvgIpc) is 3.37. The third kappa shape index (κ3) is 5.17. The monoisotopic (exact) mass is 611 g/mol. The molecule has 0 unspecified atom stereocenters. The quantitative estimate of drug-likeness (QED) is 0.504. The molecule has 5 rings (SSSR count). The molecular formula is C25H29Cl2F2NO6S2. The Hall–Kier alpha value is -1.50. The molecule has 3 aliphatic heterocycles. The van der Waals surface area contributed by atoms with Crippen LogP contribution < -0.4 is 10.1 Å². The van der Waals surface area contributed by atoms with Gasteiger partial charge in [0.05, 0.1) is 34.7 Å². The molecule has 38 heavy (non-hydrogen) atoms. The lowest BCUT2D eigenvalue weighted by molar-refractivity contribution is -0.0732. The van der Waals surface area contributed by atoms with Crippen molar-refractivity contribution in [3.05, 3.63) is 58.6 Å². The van der Waals surface area contributed by atoms with Gasteiger partial charge in [0, 0.05) is 23.6 Å². The lowest BCUT2D eigenvalue weighted by Gasteiger charge is -2.50. The molecule has 210 valence electrons. The Kier molecular flexibility index (Phi) is 8.67. The second kappa shape index (κ2) is 11.2. The zero-order chi connectivity index (χ0) is 26.4. The van der Waals surface area contributed by atoms with E-state index in [2.05, 4.69) is 5.32 Å². The standard InChI is InChI=1S/C25H28ClF2NO6S2.ClH/c26-16-3-5-18(6-4-16)37(32,33)25-10-12-34-22(9-13-36(30,31)15-17-2-1-11-29-17)19(25)14-35-24-21(28)8-7-20(27)23(24)25;/h3-8,17,19,22,29H,1-2,9-15H2;1H/t17-,19+,22+,25+;/m1./s1. The minimum Gasteiger partial charge on any atom is -0.490 e. The summed E-state index contributed by atoms with van der Waals surface area (Å²) in [4.78, 5) is -0.0982. The molecule has 0 spiro atoms. The van der Waals surface area contributed by atoms with E-state index in [1.165, 1.54) is 24.3 Å². The molecule has 1 N–H and O–H groups in total. The van der Waals surface area contributed by atoms with Gasteiger partial charge in [-0.05, 0) is 68.6 Å². The van der Waals surface area contributed by atoms with Crippen molar-refractivity contribution in [3.63, 3.8) is 0 Å². The number of sulfone groups is 2. The number of benzene rings is 2. The summed E-state index contributed by atoms with van der Waals surface area (Å²) < 4.78 is 94.1. The number of fused-ring (bicyclic) bond motifs is 3. The highest BCUT2D eigenvalue weighted by Crippen LogP contribution is 2.55. The number of rotatable bonds is 7. The fourth-order valence-corrected chi connectivity index (χ4v) is 10.0. The molecule has 13 heteroatoms. The van der Waals surface area contributed by atoms with E-state index in [0.29, 0.717) is 5.02 Å². The second-order valence-corrected chi connectivity index (χ2v) is 14.7. The molecule has 0 aliphatic carbocycles. The minimum atomic E-state index is -4.34. The highest BCUT2D eigenvalue weighted by atomic mass is 35.5. The first-order valence-corrected chi connectivity index (χ1v) is 15.9. The zero-order valence-electron chi connectivity index (χ0n) is 20.4. The fourth-order valence-electron chi connectivity index (χ4n) is 5.92. The molecule has 0 amide bonds. The van der Waals surface area contributed by atoms with Crippen LogP contribution >= 0.6 is 24.0 Å². The van der Waals surface area contributed by atoms with Crippen LogP contribution in [0.5, 0.6) is 5.75 Å². The Morgan fingerprint density at radius 2 is 1.76 bits per heavy atom. The van der Waals surface area contributed by atoms with Crippen LogP contribution in [-0.4, -0.2) is 60.2 Å². The Labute approximate surface area is 232 Å². The molecule has 0 saturated carbocycles. The van der Waals surface area contributed by atoms with Crippen molar-refractivity contribution in [2.24, 2.45) is 5.92 Å². The largest absolute Gasteiger partial charge is 0.490 e. The third-order valence-electron chi connectivity index (χ3n) is 7.68. The lowest BCUT2D eigenvalue weighted by Crippen LogP contribution is -2.57. The molecule has 0 radical (unpaired) electrons. The van der Waals surface area contributed by atoms with Crippen LogP contribution in [0.4, 0.5) is 8.78 Å². The first-order valence-electron chi connectivity index (χ1n) is 12.2. The molecule has 2 aromatic rings. The number of hydrogen-bond donors (Lipinski definition) is 1. The van der Waals surface area contributed by atoms with E-state index in [1.807, 2.05) is 0 Å².